The minimum absolute atomic E-state index is 0.0243. The Morgan fingerprint density at radius 3 is 2.80 bits per heavy atom. The van der Waals surface area contributed by atoms with Crippen LogP contribution in [-0.2, 0) is 6.42 Å². The summed E-state index contributed by atoms with van der Waals surface area (Å²) in [6.07, 6.45) is 7.04. The van der Waals surface area contributed by atoms with Crippen LogP contribution in [0, 0.1) is 5.92 Å². The first-order valence-electron chi connectivity index (χ1n) is 8.90. The van der Waals surface area contributed by atoms with Crippen LogP contribution in [0.25, 0.3) is 0 Å². The summed E-state index contributed by atoms with van der Waals surface area (Å²) < 4.78 is 0.931. The average molecular weight is 400 g/mol. The van der Waals surface area contributed by atoms with Crippen molar-refractivity contribution in [1.29, 1.82) is 0 Å². The van der Waals surface area contributed by atoms with Gasteiger partial charge in [-0.25, -0.2) is 0 Å². The Morgan fingerprint density at radius 1 is 1.24 bits per heavy atom. The van der Waals surface area contributed by atoms with Crippen molar-refractivity contribution in [3.63, 3.8) is 0 Å². The Kier molecular flexibility index (Phi) is 4.86. The van der Waals surface area contributed by atoms with E-state index >= 15 is 0 Å². The van der Waals surface area contributed by atoms with E-state index in [4.69, 9.17) is 0 Å². The maximum atomic E-state index is 12.8. The van der Waals surface area contributed by atoms with Crippen LogP contribution < -0.4 is 5.32 Å². The first kappa shape index (κ1) is 16.7. The van der Waals surface area contributed by atoms with Crippen LogP contribution >= 0.6 is 15.9 Å². The number of aromatic nitrogens is 1. The Labute approximate surface area is 156 Å². The standard InChI is InChI=1S/C20H22BrN3O/c21-17-5-1-4-16(12-17)20(25)23-19-15-6-9-24(10-7-15)18(19)11-14-3-2-8-22-13-14/h1-5,8,12-13,15,18-19H,6-7,9-11H2,(H,23,25). The zero-order valence-corrected chi connectivity index (χ0v) is 15.7. The third-order valence-electron chi connectivity index (χ3n) is 5.52. The molecule has 2 aromatic rings. The molecule has 2 atom stereocenters. The summed E-state index contributed by atoms with van der Waals surface area (Å²) in [6, 6.07) is 12.3. The molecule has 1 amide bonds. The maximum absolute atomic E-state index is 12.8. The number of carbonyl (C=O) groups is 1. The highest BCUT2D eigenvalue weighted by atomic mass is 79.9. The van der Waals surface area contributed by atoms with Crippen LogP contribution in [0.5, 0.6) is 0 Å². The lowest BCUT2D eigenvalue weighted by Gasteiger charge is -2.51. The molecule has 2 unspecified atom stereocenters. The smallest absolute Gasteiger partial charge is 0.251 e. The lowest BCUT2D eigenvalue weighted by molar-refractivity contribution is 0.0136. The summed E-state index contributed by atoms with van der Waals surface area (Å²) in [6.45, 7) is 2.28. The van der Waals surface area contributed by atoms with Crippen LogP contribution in [0.1, 0.15) is 28.8 Å². The van der Waals surface area contributed by atoms with Gasteiger partial charge in [0.1, 0.15) is 0 Å². The summed E-state index contributed by atoms with van der Waals surface area (Å²) in [7, 11) is 0. The van der Waals surface area contributed by atoms with E-state index in [0.717, 1.165) is 24.0 Å². The molecule has 130 valence electrons. The zero-order valence-electron chi connectivity index (χ0n) is 14.1. The Bertz CT molecular complexity index is 744. The minimum Gasteiger partial charge on any atom is -0.347 e. The minimum atomic E-state index is 0.0243. The van der Waals surface area contributed by atoms with E-state index in [1.54, 1.807) is 0 Å². The molecular weight excluding hydrogens is 378 g/mol. The molecule has 25 heavy (non-hydrogen) atoms. The molecule has 3 aliphatic heterocycles. The third kappa shape index (κ3) is 3.62. The van der Waals surface area contributed by atoms with Crippen LogP contribution in [0.2, 0.25) is 0 Å². The number of nitrogens with one attached hydrogen (secondary N) is 1. The van der Waals surface area contributed by atoms with Gasteiger partial charge in [-0.3, -0.25) is 14.7 Å². The lowest BCUT2D eigenvalue weighted by atomic mass is 9.76. The van der Waals surface area contributed by atoms with Gasteiger partial charge in [-0.1, -0.05) is 28.1 Å². The molecule has 3 fully saturated rings. The SMILES string of the molecule is O=C(NC1C2CCN(CC2)C1Cc1cccnc1)c1cccc(Br)c1. The van der Waals surface area contributed by atoms with E-state index in [9.17, 15) is 4.79 Å². The summed E-state index contributed by atoms with van der Waals surface area (Å²) >= 11 is 3.45. The molecule has 5 rings (SSSR count). The first-order valence-corrected chi connectivity index (χ1v) is 9.69. The average Bonchev–Trinajstić information content (AvgIpc) is 2.65. The number of rotatable bonds is 4. The number of pyridine rings is 1. The van der Waals surface area contributed by atoms with Gasteiger partial charge >= 0.3 is 0 Å². The molecular formula is C20H22BrN3O. The summed E-state index contributed by atoms with van der Waals surface area (Å²) in [5.41, 5.74) is 1.95. The van der Waals surface area contributed by atoms with Gasteiger partial charge in [-0.05, 0) is 68.1 Å². The number of piperidine rings is 3. The molecule has 0 saturated carbocycles. The van der Waals surface area contributed by atoms with Gasteiger partial charge in [0.2, 0.25) is 0 Å². The molecule has 1 N–H and O–H groups in total. The Balaban J connectivity index is 1.54. The van der Waals surface area contributed by atoms with Crippen molar-refractivity contribution in [3.05, 3.63) is 64.4 Å². The van der Waals surface area contributed by atoms with Gasteiger partial charge in [0.25, 0.3) is 5.91 Å². The molecule has 4 heterocycles. The second kappa shape index (κ2) is 7.26. The topological polar surface area (TPSA) is 45.2 Å². The molecule has 3 aliphatic rings. The zero-order chi connectivity index (χ0) is 17.2. The van der Waals surface area contributed by atoms with Gasteiger partial charge in [0.15, 0.2) is 0 Å². The number of carbonyl (C=O) groups excluding carboxylic acids is 1. The molecule has 4 nitrogen and oxygen atoms in total. The summed E-state index contributed by atoms with van der Waals surface area (Å²) in [5, 5.41) is 3.34. The monoisotopic (exact) mass is 399 g/mol. The number of halogens is 1. The van der Waals surface area contributed by atoms with E-state index in [1.807, 2.05) is 42.7 Å². The Morgan fingerprint density at radius 2 is 2.08 bits per heavy atom. The van der Waals surface area contributed by atoms with Crippen LogP contribution in [-0.4, -0.2) is 41.0 Å². The number of hydrogen-bond donors (Lipinski definition) is 1. The van der Waals surface area contributed by atoms with Gasteiger partial charge < -0.3 is 5.32 Å². The second-order valence-corrected chi connectivity index (χ2v) is 7.93. The molecule has 3 saturated heterocycles. The quantitative estimate of drug-likeness (QED) is 0.857. The molecule has 0 radical (unpaired) electrons. The molecule has 0 aliphatic carbocycles. The highest BCUT2D eigenvalue weighted by Crippen LogP contribution is 2.34. The molecule has 2 bridgehead atoms. The number of amides is 1. The van der Waals surface area contributed by atoms with Crippen LogP contribution in [0.3, 0.4) is 0 Å². The fourth-order valence-corrected chi connectivity index (χ4v) is 4.65. The van der Waals surface area contributed by atoms with E-state index in [0.29, 0.717) is 17.5 Å². The molecule has 1 aromatic heterocycles. The van der Waals surface area contributed by atoms with Crippen molar-refractivity contribution < 1.29 is 4.79 Å². The maximum Gasteiger partial charge on any atom is 0.251 e. The van der Waals surface area contributed by atoms with E-state index in [1.165, 1.54) is 18.4 Å². The van der Waals surface area contributed by atoms with Gasteiger partial charge in [0.05, 0.1) is 0 Å². The van der Waals surface area contributed by atoms with Gasteiger partial charge in [-0.2, -0.15) is 0 Å². The van der Waals surface area contributed by atoms with Crippen molar-refractivity contribution in [1.82, 2.24) is 15.2 Å². The normalized spacial score (nSPS) is 27.9. The van der Waals surface area contributed by atoms with Crippen molar-refractivity contribution >= 4 is 21.8 Å². The summed E-state index contributed by atoms with van der Waals surface area (Å²) in [5.74, 6) is 0.596. The number of fused-ring (bicyclic) bond motifs is 3. The van der Waals surface area contributed by atoms with E-state index in [-0.39, 0.29) is 11.9 Å². The number of benzene rings is 1. The van der Waals surface area contributed by atoms with Crippen LogP contribution in [0.15, 0.2) is 53.3 Å². The lowest BCUT2D eigenvalue weighted by Crippen LogP contribution is -2.64. The first-order chi connectivity index (χ1) is 12.2. The Hall–Kier alpha value is -1.72. The molecule has 0 spiro atoms. The van der Waals surface area contributed by atoms with Crippen molar-refractivity contribution in [2.24, 2.45) is 5.92 Å². The highest BCUT2D eigenvalue weighted by molar-refractivity contribution is 9.10. The summed E-state index contributed by atoms with van der Waals surface area (Å²) in [4.78, 5) is 19.6. The van der Waals surface area contributed by atoms with Crippen molar-refractivity contribution in [2.75, 3.05) is 13.1 Å². The number of hydrogen-bond acceptors (Lipinski definition) is 3. The van der Waals surface area contributed by atoms with E-state index < -0.39 is 0 Å². The predicted octanol–water partition coefficient (Wildman–Crippen LogP) is 3.28. The number of nitrogens with zero attached hydrogens (tertiary/aromatic N) is 2. The van der Waals surface area contributed by atoms with Crippen LogP contribution in [0.4, 0.5) is 0 Å². The molecule has 5 heteroatoms. The van der Waals surface area contributed by atoms with Crippen molar-refractivity contribution in [2.45, 2.75) is 31.3 Å². The molecule has 1 aromatic carbocycles. The van der Waals surface area contributed by atoms with E-state index in [2.05, 4.69) is 37.2 Å². The van der Waals surface area contributed by atoms with Crippen molar-refractivity contribution in [3.8, 4) is 0 Å². The van der Waals surface area contributed by atoms with Gasteiger partial charge in [0, 0.05) is 34.5 Å². The third-order valence-corrected chi connectivity index (χ3v) is 6.01. The highest BCUT2D eigenvalue weighted by Gasteiger charge is 2.42. The fraction of sp³-hybridized carbons (Fsp3) is 0.400. The largest absolute Gasteiger partial charge is 0.347 e. The van der Waals surface area contributed by atoms with Gasteiger partial charge in [-0.15, -0.1) is 0 Å². The fourth-order valence-electron chi connectivity index (χ4n) is 4.25. The second-order valence-electron chi connectivity index (χ2n) is 7.02. The predicted molar refractivity (Wildman–Crippen MR) is 101 cm³/mol.